The van der Waals surface area contributed by atoms with E-state index in [1.807, 2.05) is 183 Å². The fourth-order valence-electron chi connectivity index (χ4n) is 16.7. The lowest BCUT2D eigenvalue weighted by Gasteiger charge is -2.34. The fourth-order valence-corrected chi connectivity index (χ4v) is 25.9. The van der Waals surface area contributed by atoms with Gasteiger partial charge in [0.05, 0.1) is 0 Å². The lowest BCUT2D eigenvalue weighted by molar-refractivity contribution is 0.442. The predicted molar refractivity (Wildman–Crippen MR) is 576 cm³/mol. The van der Waals surface area contributed by atoms with Crippen molar-refractivity contribution in [1.29, 1.82) is 0 Å². The number of rotatable bonds is 84. The third-order valence-electron chi connectivity index (χ3n) is 24.7. The van der Waals surface area contributed by atoms with Crippen molar-refractivity contribution in [2.24, 2.45) is 43.5 Å². The van der Waals surface area contributed by atoms with E-state index in [2.05, 4.69) is 41.5 Å². The van der Waals surface area contributed by atoms with Crippen LogP contribution in [-0.4, -0.2) is 76.6 Å². The molecule has 1 heterocycles. The first kappa shape index (κ1) is 112. The molecular formula is C114H180N9O6P3. The Labute approximate surface area is 805 Å². The van der Waals surface area contributed by atoms with Gasteiger partial charge in [-0.3, -0.25) is 30.0 Å². The molecule has 15 nitrogen and oxygen atoms in total. The summed E-state index contributed by atoms with van der Waals surface area (Å²) in [5.74, 6) is 2.55. The van der Waals surface area contributed by atoms with Crippen LogP contribution in [0.2, 0.25) is 0 Å². The van der Waals surface area contributed by atoms with Crippen molar-refractivity contribution in [2.45, 2.75) is 427 Å². The molecular weight excluding hydrogens is 1680 g/mol. The SMILES string of the molecule is CCCCCCCCCCCCN=Cc1ccccc1OP1(Oc2ccccc2C=NCCCCCCCCCCCC)=NP(Oc2ccccc2C=NCCCCCCCCCCCC)(Oc2ccccc2C=NCCCCCCCCCCCC)=NP(Oc2ccccc2C=NCCCCCCCCCCCC)(Oc2ccccc2C=NCCCCCCCCCCCC)=N1. The highest BCUT2D eigenvalue weighted by Crippen LogP contribution is 2.79. The van der Waals surface area contributed by atoms with Gasteiger partial charge in [-0.25, -0.2) is 0 Å². The van der Waals surface area contributed by atoms with Gasteiger partial charge in [0.1, 0.15) is 34.5 Å². The van der Waals surface area contributed by atoms with E-state index in [0.717, 1.165) is 77.0 Å². The number of para-hydroxylation sites is 6. The molecule has 0 aromatic heterocycles. The van der Waals surface area contributed by atoms with Gasteiger partial charge in [-0.2, -0.15) is 0 Å². The molecule has 1 aliphatic heterocycles. The number of benzene rings is 6. The Hall–Kier alpha value is -7.17. The summed E-state index contributed by atoms with van der Waals surface area (Å²) in [4.78, 5) is 31.1. The molecule has 7 rings (SSSR count). The highest BCUT2D eigenvalue weighted by molar-refractivity contribution is 7.79. The number of hydrogen-bond donors (Lipinski definition) is 0. The van der Waals surface area contributed by atoms with Gasteiger partial charge in [0.25, 0.3) is 0 Å². The summed E-state index contributed by atoms with van der Waals surface area (Å²) in [7, 11) is -13.7. The van der Waals surface area contributed by atoms with Crippen LogP contribution in [0.1, 0.15) is 460 Å². The number of hydrogen-bond acceptors (Lipinski definition) is 15. The molecule has 1 aliphatic rings. The van der Waals surface area contributed by atoms with Gasteiger partial charge in [-0.15, -0.1) is 0 Å². The Balaban J connectivity index is 1.48. The van der Waals surface area contributed by atoms with Crippen LogP contribution in [-0.2, 0) is 0 Å². The summed E-state index contributed by atoms with van der Waals surface area (Å²) < 4.78 is 66.0. The number of aliphatic imine (C=N–C) groups is 6. The zero-order valence-corrected chi connectivity index (χ0v) is 86.5. The molecule has 0 saturated carbocycles. The molecule has 0 saturated heterocycles. The van der Waals surface area contributed by atoms with Crippen molar-refractivity contribution < 1.29 is 27.1 Å². The van der Waals surface area contributed by atoms with Crippen LogP contribution in [0.5, 0.6) is 34.5 Å². The minimum atomic E-state index is -4.58. The van der Waals surface area contributed by atoms with Gasteiger partial charge in [0, 0.05) is 110 Å². The average Bonchev–Trinajstić information content (AvgIpc) is 0.723. The van der Waals surface area contributed by atoms with Crippen molar-refractivity contribution in [1.82, 2.24) is 0 Å². The first-order valence-electron chi connectivity index (χ1n) is 53.9. The third kappa shape index (κ3) is 50.1. The topological polar surface area (TPSA) is 167 Å². The molecule has 0 fully saturated rings. The summed E-state index contributed by atoms with van der Waals surface area (Å²) in [6.07, 6.45) is 85.7. The Morgan fingerprint density at radius 3 is 0.409 bits per heavy atom. The fraction of sp³-hybridized carbons (Fsp3) is 0.632. The van der Waals surface area contributed by atoms with Crippen LogP contribution < -0.4 is 27.1 Å². The summed E-state index contributed by atoms with van der Waals surface area (Å²) in [6, 6.07) is 47.9. The van der Waals surface area contributed by atoms with E-state index in [1.54, 1.807) is 0 Å². The van der Waals surface area contributed by atoms with E-state index in [-0.39, 0.29) is 0 Å². The Bertz CT molecular complexity index is 3600. The molecule has 0 N–H and O–H groups in total. The monoisotopic (exact) mass is 1860 g/mol. The smallest absolute Gasteiger partial charge is 0.413 e. The first-order valence-corrected chi connectivity index (χ1v) is 58.5. The van der Waals surface area contributed by atoms with Crippen LogP contribution >= 0.6 is 23.0 Å². The van der Waals surface area contributed by atoms with Crippen LogP contribution in [0.3, 0.4) is 0 Å². The maximum Gasteiger partial charge on any atom is 0.460 e. The highest BCUT2D eigenvalue weighted by atomic mass is 31.3. The van der Waals surface area contributed by atoms with Crippen LogP contribution in [0.15, 0.2) is 189 Å². The van der Waals surface area contributed by atoms with E-state index in [9.17, 15) is 0 Å². The van der Waals surface area contributed by atoms with Crippen molar-refractivity contribution in [3.05, 3.63) is 179 Å². The van der Waals surface area contributed by atoms with E-state index in [0.29, 0.717) is 107 Å². The van der Waals surface area contributed by atoms with Gasteiger partial charge >= 0.3 is 23.0 Å². The molecule has 0 unspecified atom stereocenters. The second kappa shape index (κ2) is 75.0. The summed E-state index contributed by atoms with van der Waals surface area (Å²) >= 11 is 0. The zero-order valence-electron chi connectivity index (χ0n) is 83.8. The second-order valence-electron chi connectivity index (χ2n) is 36.8. The van der Waals surface area contributed by atoms with Gasteiger partial charge in [0.2, 0.25) is 0 Å². The summed E-state index contributed by atoms with van der Waals surface area (Å²) in [6.45, 7) is 17.6. The Morgan fingerprint density at radius 1 is 0.167 bits per heavy atom. The quantitative estimate of drug-likeness (QED) is 0.0209. The standard InChI is InChI=1S/C114H180N9O6P3/c1-7-13-19-25-31-37-43-49-55-73-91-115-97-103-79-61-67-85-109(103)124-130(125-110-86-68-62-80-104(110)98-116-92-74-56-50-44-38-32-26-20-14-8-2)121-131(126-111-87-69-63-81-105(111)99-117-93-75-57-51-45-39-33-27-21-15-9-3,127-112-88-70-64-82-106(112)100-118-94-76-58-52-46-40-34-28-22-16-10-4)123-132(122-130,128-113-89-71-65-83-107(113)101-119-95-77-59-53-47-41-35-29-23-17-11-5)129-114-90-72-66-84-108(114)102-120-96-78-60-54-48-42-36-30-24-18-12-6/h61-72,79-90,97-102H,7-60,73-78,91-96H2,1-6H3. The third-order valence-corrected chi connectivity index (χ3v) is 32.8. The maximum absolute atomic E-state index is 7.97. The molecule has 0 atom stereocenters. The lowest BCUT2D eigenvalue weighted by Crippen LogP contribution is -2.13. The van der Waals surface area contributed by atoms with Crippen LogP contribution in [0, 0.1) is 0 Å². The normalized spacial score (nSPS) is 15.8. The summed E-state index contributed by atoms with van der Waals surface area (Å²) in [5, 5.41) is 0. The van der Waals surface area contributed by atoms with Crippen molar-refractivity contribution in [3.63, 3.8) is 0 Å². The molecule has 732 valence electrons. The molecule has 18 heteroatoms. The van der Waals surface area contributed by atoms with Crippen LogP contribution in [0.25, 0.3) is 0 Å². The van der Waals surface area contributed by atoms with Crippen molar-refractivity contribution >= 4 is 60.3 Å². The van der Waals surface area contributed by atoms with Crippen molar-refractivity contribution in [2.75, 3.05) is 39.3 Å². The Kier molecular flexibility index (Phi) is 63.5. The largest absolute Gasteiger partial charge is 0.460 e. The lowest BCUT2D eigenvalue weighted by atomic mass is 10.1. The van der Waals surface area contributed by atoms with Crippen molar-refractivity contribution in [3.8, 4) is 34.5 Å². The minimum Gasteiger partial charge on any atom is -0.413 e. The molecule has 0 bridgehead atoms. The van der Waals surface area contributed by atoms with E-state index >= 15 is 0 Å². The van der Waals surface area contributed by atoms with Gasteiger partial charge in [-0.1, -0.05) is 475 Å². The maximum atomic E-state index is 7.97. The molecule has 0 aliphatic carbocycles. The second-order valence-corrected chi connectivity index (χ2v) is 43.0. The molecule has 0 amide bonds. The van der Waals surface area contributed by atoms with E-state index < -0.39 is 23.0 Å². The van der Waals surface area contributed by atoms with Gasteiger partial charge in [-0.05, 0) is 111 Å². The minimum absolute atomic E-state index is 0.424. The number of unbranched alkanes of at least 4 members (excludes halogenated alkanes) is 54. The highest BCUT2D eigenvalue weighted by Gasteiger charge is 2.50. The molecule has 0 spiro atoms. The van der Waals surface area contributed by atoms with Crippen LogP contribution in [0.4, 0.5) is 0 Å². The summed E-state index contributed by atoms with van der Waals surface area (Å²) in [5.41, 5.74) is 4.27. The zero-order chi connectivity index (χ0) is 92.9. The predicted octanol–water partition coefficient (Wildman–Crippen LogP) is 38.4. The van der Waals surface area contributed by atoms with Gasteiger partial charge < -0.3 is 27.1 Å². The van der Waals surface area contributed by atoms with Gasteiger partial charge in [0.15, 0.2) is 0 Å². The molecule has 0 radical (unpaired) electrons. The van der Waals surface area contributed by atoms with E-state index in [1.165, 1.54) is 308 Å². The van der Waals surface area contributed by atoms with E-state index in [4.69, 9.17) is 70.6 Å². The Morgan fingerprint density at radius 2 is 0.280 bits per heavy atom. The average molecular weight is 1870 g/mol. The molecule has 6 aromatic rings. The first-order chi connectivity index (χ1) is 65.3. The molecule has 6 aromatic carbocycles. The molecule has 132 heavy (non-hydrogen) atoms. The number of nitrogens with zero attached hydrogens (tertiary/aromatic N) is 9.